The number of hydrogen-bond donors (Lipinski definition) is 2. The molecule has 0 spiro atoms. The fraction of sp³-hybridized carbons (Fsp3) is 0.600. The summed E-state index contributed by atoms with van der Waals surface area (Å²) in [6.45, 7) is 34.1. The molecule has 0 bridgehead atoms. The van der Waals surface area contributed by atoms with Gasteiger partial charge in [0.2, 0.25) is 0 Å². The summed E-state index contributed by atoms with van der Waals surface area (Å²) in [5.74, 6) is -0.211. The standard InChI is InChI=1S/C45H67NO6/c1-40(2,3)32-23-29(24-33(38(32)49)41(4,5)6)17-19-36(47)51-22-21-46-44(13,14)27-31(28-45(46,15)16)52-37(48)20-18-30-25-34(42(7,8)9)39(50)35(26-30)43(10,11)12/h17-20,23-26,31,49-50H,21-22,27-28H2,1-16H3. The van der Waals surface area contributed by atoms with Crippen LogP contribution in [0, 0.1) is 0 Å². The molecule has 0 aliphatic carbocycles. The summed E-state index contributed by atoms with van der Waals surface area (Å²) in [5.41, 5.74) is 3.32. The van der Waals surface area contributed by atoms with Crippen LogP contribution in [0.1, 0.15) is 157 Å². The van der Waals surface area contributed by atoms with Gasteiger partial charge < -0.3 is 19.7 Å². The van der Waals surface area contributed by atoms with Gasteiger partial charge in [0.25, 0.3) is 0 Å². The Morgan fingerprint density at radius 3 is 1.31 bits per heavy atom. The number of phenolic OH excluding ortho intramolecular Hbond substituents is 2. The van der Waals surface area contributed by atoms with Crippen LogP contribution in [0.25, 0.3) is 12.2 Å². The van der Waals surface area contributed by atoms with E-state index in [-0.39, 0.29) is 45.4 Å². The van der Waals surface area contributed by atoms with Crippen LogP contribution in [0.5, 0.6) is 11.5 Å². The number of benzene rings is 2. The number of carbonyl (C=O) groups is 2. The van der Waals surface area contributed by atoms with E-state index in [2.05, 4.69) is 116 Å². The molecule has 0 atom stereocenters. The zero-order chi connectivity index (χ0) is 39.8. The van der Waals surface area contributed by atoms with E-state index in [0.29, 0.717) is 30.9 Å². The average molecular weight is 718 g/mol. The summed E-state index contributed by atoms with van der Waals surface area (Å²) in [6.07, 6.45) is 7.46. The third-order valence-electron chi connectivity index (χ3n) is 10.1. The Kier molecular flexibility index (Phi) is 12.4. The fourth-order valence-electron chi connectivity index (χ4n) is 7.53. The minimum absolute atomic E-state index is 0.221. The molecule has 1 fully saturated rings. The molecule has 7 nitrogen and oxygen atoms in total. The molecular formula is C45H67NO6. The molecule has 3 rings (SSSR count). The third kappa shape index (κ3) is 10.7. The van der Waals surface area contributed by atoms with Crippen molar-refractivity contribution < 1.29 is 29.3 Å². The predicted molar refractivity (Wildman–Crippen MR) is 214 cm³/mol. The van der Waals surface area contributed by atoms with Gasteiger partial charge in [-0.05, 0) is 96.9 Å². The summed E-state index contributed by atoms with van der Waals surface area (Å²) in [6, 6.07) is 7.76. The lowest BCUT2D eigenvalue weighted by Gasteiger charge is -2.54. The van der Waals surface area contributed by atoms with Gasteiger partial charge in [-0.15, -0.1) is 0 Å². The molecule has 1 aliphatic rings. The molecule has 1 heterocycles. The number of rotatable bonds is 8. The first-order valence-electron chi connectivity index (χ1n) is 18.7. The lowest BCUT2D eigenvalue weighted by molar-refractivity contribution is -0.157. The van der Waals surface area contributed by atoms with Crippen LogP contribution < -0.4 is 0 Å². The van der Waals surface area contributed by atoms with Crippen molar-refractivity contribution in [3.8, 4) is 11.5 Å². The quantitative estimate of drug-likeness (QED) is 0.207. The summed E-state index contributed by atoms with van der Waals surface area (Å²) < 4.78 is 11.7. The van der Waals surface area contributed by atoms with Gasteiger partial charge in [-0.3, -0.25) is 4.90 Å². The molecule has 0 amide bonds. The van der Waals surface area contributed by atoms with Crippen LogP contribution in [0.3, 0.4) is 0 Å². The topological polar surface area (TPSA) is 96.3 Å². The van der Waals surface area contributed by atoms with Gasteiger partial charge >= 0.3 is 11.9 Å². The number of carbonyl (C=O) groups excluding carboxylic acids is 2. The lowest BCUT2D eigenvalue weighted by Crippen LogP contribution is -2.63. The zero-order valence-corrected chi connectivity index (χ0v) is 35.0. The summed E-state index contributed by atoms with van der Waals surface area (Å²) in [5, 5.41) is 22.1. The normalized spacial score (nSPS) is 17.5. The van der Waals surface area contributed by atoms with Crippen molar-refractivity contribution in [3.05, 3.63) is 69.8 Å². The smallest absolute Gasteiger partial charge is 0.331 e. The van der Waals surface area contributed by atoms with Gasteiger partial charge in [0, 0.05) is 64.9 Å². The van der Waals surface area contributed by atoms with E-state index in [1.54, 1.807) is 12.2 Å². The van der Waals surface area contributed by atoms with Crippen LogP contribution >= 0.6 is 0 Å². The minimum Gasteiger partial charge on any atom is -0.507 e. The van der Waals surface area contributed by atoms with E-state index in [1.165, 1.54) is 12.2 Å². The Morgan fingerprint density at radius 2 is 0.981 bits per heavy atom. The summed E-state index contributed by atoms with van der Waals surface area (Å²) in [4.78, 5) is 28.3. The van der Waals surface area contributed by atoms with Gasteiger partial charge in [-0.2, -0.15) is 0 Å². The molecule has 1 saturated heterocycles. The van der Waals surface area contributed by atoms with E-state index in [1.807, 2.05) is 24.3 Å². The zero-order valence-electron chi connectivity index (χ0n) is 35.0. The van der Waals surface area contributed by atoms with E-state index in [9.17, 15) is 19.8 Å². The molecule has 1 aliphatic heterocycles. The van der Waals surface area contributed by atoms with E-state index >= 15 is 0 Å². The predicted octanol–water partition coefficient (Wildman–Crippen LogP) is 10.1. The average Bonchev–Trinajstić information content (AvgIpc) is 2.94. The SMILES string of the molecule is CC(C)(C)c1cc(C=CC(=O)OCCN2C(C)(C)CC(OC(=O)C=Cc3cc(C(C)(C)C)c(O)c(C(C)(C)C)c3)CC2(C)C)cc(C(C)(C)C)c1O. The van der Waals surface area contributed by atoms with Crippen molar-refractivity contribution in [1.29, 1.82) is 0 Å². The highest BCUT2D eigenvalue weighted by molar-refractivity contribution is 5.88. The molecule has 0 radical (unpaired) electrons. The van der Waals surface area contributed by atoms with Crippen LogP contribution in [0.4, 0.5) is 0 Å². The Balaban J connectivity index is 1.66. The second-order valence-electron chi connectivity index (χ2n) is 20.0. The number of likely N-dealkylation sites (tertiary alicyclic amines) is 1. The highest BCUT2D eigenvalue weighted by Crippen LogP contribution is 2.42. The van der Waals surface area contributed by atoms with Crippen molar-refractivity contribution in [2.24, 2.45) is 0 Å². The maximum Gasteiger partial charge on any atom is 0.331 e. The van der Waals surface area contributed by atoms with Crippen LogP contribution in [-0.4, -0.2) is 57.4 Å². The first-order valence-corrected chi connectivity index (χ1v) is 18.7. The molecule has 2 aromatic carbocycles. The van der Waals surface area contributed by atoms with Crippen molar-refractivity contribution in [2.75, 3.05) is 13.2 Å². The number of aromatic hydroxyl groups is 2. The number of esters is 2. The largest absolute Gasteiger partial charge is 0.507 e. The second-order valence-corrected chi connectivity index (χ2v) is 20.0. The van der Waals surface area contributed by atoms with Crippen LogP contribution in [0.2, 0.25) is 0 Å². The van der Waals surface area contributed by atoms with Crippen molar-refractivity contribution in [2.45, 2.75) is 162 Å². The maximum atomic E-state index is 13.1. The number of ether oxygens (including phenoxy) is 2. The molecule has 7 heteroatoms. The molecule has 288 valence electrons. The molecule has 0 aromatic heterocycles. The lowest BCUT2D eigenvalue weighted by atomic mass is 9.78. The number of piperidine rings is 1. The van der Waals surface area contributed by atoms with E-state index < -0.39 is 11.9 Å². The monoisotopic (exact) mass is 717 g/mol. The van der Waals surface area contributed by atoms with Gasteiger partial charge in [-0.25, -0.2) is 9.59 Å². The Hall–Kier alpha value is -3.58. The van der Waals surface area contributed by atoms with Gasteiger partial charge in [-0.1, -0.05) is 83.1 Å². The first kappa shape index (κ1) is 42.8. The van der Waals surface area contributed by atoms with Gasteiger partial charge in [0.1, 0.15) is 24.2 Å². The Bertz CT molecular complexity index is 1590. The number of phenols is 2. The molecular weight excluding hydrogens is 650 g/mol. The van der Waals surface area contributed by atoms with Crippen molar-refractivity contribution in [3.63, 3.8) is 0 Å². The Labute approximate surface area is 314 Å². The van der Waals surface area contributed by atoms with Crippen molar-refractivity contribution in [1.82, 2.24) is 4.90 Å². The van der Waals surface area contributed by atoms with Crippen LogP contribution in [0.15, 0.2) is 36.4 Å². The molecule has 0 saturated carbocycles. The minimum atomic E-state index is -0.424. The number of hydrogen-bond acceptors (Lipinski definition) is 7. The second kappa shape index (κ2) is 15.0. The maximum absolute atomic E-state index is 13.1. The van der Waals surface area contributed by atoms with E-state index in [0.717, 1.165) is 33.4 Å². The third-order valence-corrected chi connectivity index (χ3v) is 10.1. The molecule has 0 unspecified atom stereocenters. The molecule has 52 heavy (non-hydrogen) atoms. The molecule has 2 N–H and O–H groups in total. The highest BCUT2D eigenvalue weighted by Gasteiger charge is 2.46. The van der Waals surface area contributed by atoms with Gasteiger partial charge in [0.05, 0.1) is 0 Å². The summed E-state index contributed by atoms with van der Waals surface area (Å²) >= 11 is 0. The van der Waals surface area contributed by atoms with Gasteiger partial charge in [0.15, 0.2) is 0 Å². The summed E-state index contributed by atoms with van der Waals surface area (Å²) in [7, 11) is 0. The van der Waals surface area contributed by atoms with E-state index in [4.69, 9.17) is 9.47 Å². The first-order chi connectivity index (χ1) is 23.4. The Morgan fingerprint density at radius 1 is 0.654 bits per heavy atom. The van der Waals surface area contributed by atoms with Crippen molar-refractivity contribution >= 4 is 24.1 Å². The fourth-order valence-corrected chi connectivity index (χ4v) is 7.53. The van der Waals surface area contributed by atoms with Crippen LogP contribution in [-0.2, 0) is 40.7 Å². The number of nitrogens with zero attached hydrogens (tertiary/aromatic N) is 1. The highest BCUT2D eigenvalue weighted by atomic mass is 16.5. The molecule has 2 aromatic rings.